The molecule has 2 aliphatic rings. The number of carbonyl (C=O) groups is 1. The fourth-order valence-electron chi connectivity index (χ4n) is 2.59. The molecule has 1 amide bonds. The summed E-state index contributed by atoms with van der Waals surface area (Å²) in [5.74, 6) is -0.493. The van der Waals surface area contributed by atoms with E-state index in [1.807, 2.05) is 0 Å². The van der Waals surface area contributed by atoms with Crippen LogP contribution in [-0.2, 0) is 24.5 Å². The van der Waals surface area contributed by atoms with Crippen molar-refractivity contribution in [1.29, 1.82) is 0 Å². The zero-order chi connectivity index (χ0) is 15.8. The minimum Gasteiger partial charge on any atom is -0.379 e. The maximum atomic E-state index is 13.1. The summed E-state index contributed by atoms with van der Waals surface area (Å²) in [4.78, 5) is 9.73. The van der Waals surface area contributed by atoms with Gasteiger partial charge in [0.25, 0.3) is 15.0 Å². The van der Waals surface area contributed by atoms with Gasteiger partial charge < -0.3 is 10.1 Å². The number of rotatable bonds is 3. The van der Waals surface area contributed by atoms with Crippen molar-refractivity contribution in [3.8, 4) is 0 Å². The van der Waals surface area contributed by atoms with Gasteiger partial charge in [-0.15, -0.1) is 5.11 Å². The largest absolute Gasteiger partial charge is 0.379 e. The number of sulfonamides is 1. The Bertz CT molecular complexity index is 727. The van der Waals surface area contributed by atoms with Crippen LogP contribution >= 0.6 is 0 Å². The van der Waals surface area contributed by atoms with Crippen molar-refractivity contribution in [2.24, 2.45) is 10.2 Å². The molecular weight excluding hydrogens is 308 g/mol. The number of nitrogens with zero attached hydrogens (tertiary/aromatic N) is 3. The Kier molecular flexibility index (Phi) is 3.71. The van der Waals surface area contributed by atoms with Crippen LogP contribution in [0.4, 0.5) is 5.69 Å². The SMILES string of the molecule is CC(=O)NC1(S(=O)(=O)N2CCOCC2)N=Nc2ccccc21. The number of benzene rings is 1. The Morgan fingerprint density at radius 1 is 1.32 bits per heavy atom. The second-order valence-electron chi connectivity index (χ2n) is 5.06. The predicted octanol–water partition coefficient (Wildman–Crippen LogP) is 0.692. The molecule has 0 saturated carbocycles. The second-order valence-corrected chi connectivity index (χ2v) is 7.12. The molecule has 2 heterocycles. The first kappa shape index (κ1) is 15.1. The van der Waals surface area contributed by atoms with Gasteiger partial charge in [0.2, 0.25) is 5.91 Å². The summed E-state index contributed by atoms with van der Waals surface area (Å²) < 4.78 is 32.7. The lowest BCUT2D eigenvalue weighted by atomic mass is 10.1. The number of carbonyl (C=O) groups excluding carboxylic acids is 1. The first-order chi connectivity index (χ1) is 10.5. The highest BCUT2D eigenvalue weighted by molar-refractivity contribution is 7.90. The maximum Gasteiger partial charge on any atom is 0.296 e. The van der Waals surface area contributed by atoms with Crippen molar-refractivity contribution >= 4 is 21.6 Å². The van der Waals surface area contributed by atoms with Crippen LogP contribution in [-0.4, -0.2) is 44.9 Å². The number of amides is 1. The first-order valence-corrected chi connectivity index (χ1v) is 8.30. The summed E-state index contributed by atoms with van der Waals surface area (Å²) in [6.07, 6.45) is 0. The van der Waals surface area contributed by atoms with Crippen molar-refractivity contribution in [1.82, 2.24) is 9.62 Å². The van der Waals surface area contributed by atoms with E-state index in [1.165, 1.54) is 11.2 Å². The summed E-state index contributed by atoms with van der Waals surface area (Å²) in [5, 5.41) is 10.4. The highest BCUT2D eigenvalue weighted by atomic mass is 32.2. The Morgan fingerprint density at radius 2 is 2.00 bits per heavy atom. The molecule has 1 aromatic carbocycles. The van der Waals surface area contributed by atoms with E-state index in [1.54, 1.807) is 24.3 Å². The van der Waals surface area contributed by atoms with E-state index in [2.05, 4.69) is 15.5 Å². The second kappa shape index (κ2) is 5.41. The van der Waals surface area contributed by atoms with Crippen LogP contribution in [0.2, 0.25) is 0 Å². The zero-order valence-corrected chi connectivity index (χ0v) is 12.8. The number of morpholine rings is 1. The number of nitrogens with one attached hydrogen (secondary N) is 1. The van der Waals surface area contributed by atoms with Gasteiger partial charge in [-0.2, -0.15) is 9.42 Å². The van der Waals surface area contributed by atoms with E-state index in [0.717, 1.165) is 0 Å². The quantitative estimate of drug-likeness (QED) is 0.884. The van der Waals surface area contributed by atoms with Crippen LogP contribution in [0, 0.1) is 0 Å². The molecule has 1 saturated heterocycles. The number of hydrogen-bond acceptors (Lipinski definition) is 6. The number of ether oxygens (including phenoxy) is 1. The fourth-order valence-corrected chi connectivity index (χ4v) is 4.46. The minimum absolute atomic E-state index is 0.224. The standard InChI is InChI=1S/C13H16N4O4S/c1-10(18)14-13(11-4-2-3-5-12(11)15-16-13)22(19,20)17-6-8-21-9-7-17/h2-5H,6-9H2,1H3,(H,14,18). The van der Waals surface area contributed by atoms with Crippen LogP contribution in [0.3, 0.4) is 0 Å². The summed E-state index contributed by atoms with van der Waals surface area (Å²) in [7, 11) is -3.97. The summed E-state index contributed by atoms with van der Waals surface area (Å²) >= 11 is 0. The Morgan fingerprint density at radius 3 is 2.68 bits per heavy atom. The fraction of sp³-hybridized carbons (Fsp3) is 0.462. The maximum absolute atomic E-state index is 13.1. The van der Waals surface area contributed by atoms with Crippen LogP contribution in [0.15, 0.2) is 34.5 Å². The van der Waals surface area contributed by atoms with Crippen molar-refractivity contribution in [3.05, 3.63) is 29.8 Å². The first-order valence-electron chi connectivity index (χ1n) is 6.86. The van der Waals surface area contributed by atoms with Gasteiger partial charge in [0.05, 0.1) is 18.9 Å². The predicted molar refractivity (Wildman–Crippen MR) is 77.8 cm³/mol. The highest BCUT2D eigenvalue weighted by Gasteiger charge is 2.54. The van der Waals surface area contributed by atoms with Gasteiger partial charge in [0.15, 0.2) is 0 Å². The third kappa shape index (κ3) is 2.21. The van der Waals surface area contributed by atoms with Crippen molar-refractivity contribution in [3.63, 3.8) is 0 Å². The van der Waals surface area contributed by atoms with Crippen LogP contribution in [0.25, 0.3) is 0 Å². The van der Waals surface area contributed by atoms with Crippen LogP contribution in [0.1, 0.15) is 12.5 Å². The normalized spacial score (nSPS) is 25.0. The van der Waals surface area contributed by atoms with E-state index < -0.39 is 20.9 Å². The van der Waals surface area contributed by atoms with E-state index in [-0.39, 0.29) is 13.1 Å². The van der Waals surface area contributed by atoms with Crippen LogP contribution < -0.4 is 5.32 Å². The van der Waals surface area contributed by atoms with Gasteiger partial charge in [-0.05, 0) is 6.07 Å². The van der Waals surface area contributed by atoms with E-state index in [4.69, 9.17) is 4.74 Å². The molecule has 1 unspecified atom stereocenters. The van der Waals surface area contributed by atoms with E-state index in [9.17, 15) is 13.2 Å². The van der Waals surface area contributed by atoms with Crippen LogP contribution in [0.5, 0.6) is 0 Å². The molecule has 22 heavy (non-hydrogen) atoms. The summed E-state index contributed by atoms with van der Waals surface area (Å²) in [6, 6.07) is 6.71. The topological polar surface area (TPSA) is 100 Å². The average Bonchev–Trinajstić information content (AvgIpc) is 2.88. The molecule has 3 rings (SSSR count). The van der Waals surface area contributed by atoms with E-state index in [0.29, 0.717) is 24.5 Å². The number of azo groups is 1. The number of fused-ring (bicyclic) bond motifs is 1. The van der Waals surface area contributed by atoms with Crippen molar-refractivity contribution in [2.45, 2.75) is 11.9 Å². The van der Waals surface area contributed by atoms with Gasteiger partial charge in [-0.25, -0.2) is 8.42 Å². The molecule has 2 aliphatic heterocycles. The molecule has 0 aliphatic carbocycles. The molecule has 9 heteroatoms. The highest BCUT2D eigenvalue weighted by Crippen LogP contribution is 2.43. The van der Waals surface area contributed by atoms with Gasteiger partial charge in [-0.1, -0.05) is 18.2 Å². The lowest BCUT2D eigenvalue weighted by molar-refractivity contribution is -0.120. The number of hydrogen-bond donors (Lipinski definition) is 1. The molecule has 1 atom stereocenters. The molecule has 8 nitrogen and oxygen atoms in total. The van der Waals surface area contributed by atoms with Gasteiger partial charge in [0.1, 0.15) is 0 Å². The third-order valence-electron chi connectivity index (χ3n) is 3.60. The summed E-state index contributed by atoms with van der Waals surface area (Å²) in [6.45, 7) is 2.33. The Hall–Kier alpha value is -1.84. The van der Waals surface area contributed by atoms with Gasteiger partial charge in [-0.3, -0.25) is 4.79 Å². The molecule has 1 N–H and O–H groups in total. The Labute approximate surface area is 128 Å². The van der Waals surface area contributed by atoms with Crippen molar-refractivity contribution in [2.75, 3.05) is 26.3 Å². The molecule has 0 bridgehead atoms. The average molecular weight is 324 g/mol. The lowest BCUT2D eigenvalue weighted by Crippen LogP contribution is -2.56. The molecule has 0 aromatic heterocycles. The van der Waals surface area contributed by atoms with Crippen molar-refractivity contribution < 1.29 is 17.9 Å². The Balaban J connectivity index is 2.12. The zero-order valence-electron chi connectivity index (χ0n) is 12.0. The molecule has 118 valence electrons. The van der Waals surface area contributed by atoms with Gasteiger partial charge >= 0.3 is 0 Å². The minimum atomic E-state index is -3.97. The lowest BCUT2D eigenvalue weighted by Gasteiger charge is -2.34. The van der Waals surface area contributed by atoms with E-state index >= 15 is 0 Å². The monoisotopic (exact) mass is 324 g/mol. The molecule has 1 aromatic rings. The molecule has 0 radical (unpaired) electrons. The molecule has 1 fully saturated rings. The third-order valence-corrected chi connectivity index (χ3v) is 5.79. The molecular formula is C13H16N4O4S. The smallest absolute Gasteiger partial charge is 0.296 e. The van der Waals surface area contributed by atoms with Gasteiger partial charge in [0, 0.05) is 25.6 Å². The summed E-state index contributed by atoms with van der Waals surface area (Å²) in [5.41, 5.74) is 0.796. The molecule has 0 spiro atoms.